The molecule has 0 atom stereocenters. The molecule has 0 aliphatic heterocycles. The Balaban J connectivity index is 0. The minimum Gasteiger partial charge on any atom is -0.549 e. The van der Waals surface area contributed by atoms with Gasteiger partial charge in [-0.3, -0.25) is 0 Å². The van der Waals surface area contributed by atoms with Crippen LogP contribution in [-0.4, -0.2) is 11.9 Å². The van der Waals surface area contributed by atoms with Gasteiger partial charge in [-0.25, -0.2) is 0 Å². The molecular weight excluding hydrogens is 234 g/mol. The summed E-state index contributed by atoms with van der Waals surface area (Å²) >= 11 is 0. The van der Waals surface area contributed by atoms with Gasteiger partial charge in [-0.15, -0.1) is 0 Å². The molecule has 0 bridgehead atoms. The van der Waals surface area contributed by atoms with Crippen LogP contribution in [-0.2, 0) is 9.59 Å². The van der Waals surface area contributed by atoms with Crippen molar-refractivity contribution < 1.29 is 57.5 Å². The van der Waals surface area contributed by atoms with Gasteiger partial charge in [-0.2, -0.15) is 0 Å². The predicted molar refractivity (Wildman–Crippen MR) is 58.5 cm³/mol. The Kier molecular flexibility index (Phi) is 8.79. The summed E-state index contributed by atoms with van der Waals surface area (Å²) in [5.41, 5.74) is -2.79. The van der Waals surface area contributed by atoms with E-state index in [1.54, 1.807) is 20.8 Å². The first-order chi connectivity index (χ1) is 7.74. The standard InChI is InChI=1S/C13H22O4.2Li/c1-12(2,3)13(10(14)15,11(16)17)9-7-5-4-6-8-9;;/h9H,4-8H2,1-3H3,(H,14,15)(H,16,17);;/q;2*+1/p-2. The minimum atomic E-state index is -1.88. The topological polar surface area (TPSA) is 80.3 Å². The molecule has 1 aliphatic carbocycles. The third kappa shape index (κ3) is 3.82. The van der Waals surface area contributed by atoms with Crippen molar-refractivity contribution in [3.63, 3.8) is 0 Å². The maximum atomic E-state index is 11.5. The molecule has 4 nitrogen and oxygen atoms in total. The van der Waals surface area contributed by atoms with Gasteiger partial charge in [-0.1, -0.05) is 40.0 Å². The van der Waals surface area contributed by atoms with Crippen LogP contribution < -0.4 is 47.9 Å². The summed E-state index contributed by atoms with van der Waals surface area (Å²) in [6.07, 6.45) is 4.04. The van der Waals surface area contributed by atoms with Crippen LogP contribution in [0, 0.1) is 16.7 Å². The first-order valence-electron chi connectivity index (χ1n) is 6.17. The molecule has 1 rings (SSSR count). The van der Waals surface area contributed by atoms with Gasteiger partial charge in [-0.05, 0) is 24.2 Å². The van der Waals surface area contributed by atoms with E-state index in [-0.39, 0.29) is 43.6 Å². The van der Waals surface area contributed by atoms with Crippen LogP contribution in [0.25, 0.3) is 0 Å². The average molecular weight is 254 g/mol. The summed E-state index contributed by atoms with van der Waals surface area (Å²) in [6, 6.07) is 0. The van der Waals surface area contributed by atoms with Crippen molar-refractivity contribution in [3.05, 3.63) is 0 Å². The van der Waals surface area contributed by atoms with E-state index in [2.05, 4.69) is 0 Å². The quantitative estimate of drug-likeness (QED) is 0.371. The zero-order valence-corrected chi connectivity index (χ0v) is 12.7. The van der Waals surface area contributed by atoms with Gasteiger partial charge >= 0.3 is 37.7 Å². The van der Waals surface area contributed by atoms with Crippen LogP contribution in [0.15, 0.2) is 0 Å². The molecule has 0 radical (unpaired) electrons. The molecule has 0 saturated heterocycles. The maximum Gasteiger partial charge on any atom is 1.00 e. The van der Waals surface area contributed by atoms with Gasteiger partial charge < -0.3 is 19.8 Å². The van der Waals surface area contributed by atoms with Crippen LogP contribution >= 0.6 is 0 Å². The van der Waals surface area contributed by atoms with E-state index in [1.165, 1.54) is 0 Å². The first kappa shape index (κ1) is 21.4. The summed E-state index contributed by atoms with van der Waals surface area (Å²) in [4.78, 5) is 23.0. The first-order valence-corrected chi connectivity index (χ1v) is 6.17. The molecule has 1 saturated carbocycles. The Morgan fingerprint density at radius 3 is 1.53 bits per heavy atom. The largest absolute Gasteiger partial charge is 1.00 e. The zero-order chi connectivity index (χ0) is 13.3. The Morgan fingerprint density at radius 2 is 1.26 bits per heavy atom. The number of carboxylic acid groups (broad SMARTS) is 2. The molecule has 0 amide bonds. The third-order valence-corrected chi connectivity index (χ3v) is 4.04. The van der Waals surface area contributed by atoms with Gasteiger partial charge in [0, 0.05) is 0 Å². The molecule has 98 valence electrons. The van der Waals surface area contributed by atoms with E-state index < -0.39 is 22.8 Å². The fraction of sp³-hybridized carbons (Fsp3) is 0.846. The second-order valence-electron chi connectivity index (χ2n) is 5.97. The van der Waals surface area contributed by atoms with Crippen LogP contribution in [0.2, 0.25) is 0 Å². The minimum absolute atomic E-state index is 0. The molecule has 0 spiro atoms. The molecule has 0 aromatic heterocycles. The molecule has 0 unspecified atom stereocenters. The van der Waals surface area contributed by atoms with Crippen molar-refractivity contribution in [2.75, 3.05) is 0 Å². The summed E-state index contributed by atoms with van der Waals surface area (Å²) in [6.45, 7) is 4.90. The van der Waals surface area contributed by atoms with Gasteiger partial charge in [0.25, 0.3) is 0 Å². The number of carboxylic acids is 2. The van der Waals surface area contributed by atoms with Crippen molar-refractivity contribution >= 4 is 11.9 Å². The maximum absolute atomic E-state index is 11.5. The molecule has 0 N–H and O–H groups in total. The Labute approximate surface area is 139 Å². The molecule has 6 heteroatoms. The number of carbonyl (C=O) groups excluding carboxylic acids is 2. The average Bonchev–Trinajstić information content (AvgIpc) is 2.16. The normalized spacial score (nSPS) is 17.0. The fourth-order valence-corrected chi connectivity index (χ4v) is 3.18. The molecule has 0 aromatic carbocycles. The van der Waals surface area contributed by atoms with Gasteiger partial charge in [0.05, 0.1) is 17.4 Å². The van der Waals surface area contributed by atoms with Crippen molar-refractivity contribution in [1.29, 1.82) is 0 Å². The summed E-state index contributed by atoms with van der Waals surface area (Å²) in [5.74, 6) is -3.39. The van der Waals surface area contributed by atoms with Gasteiger partial charge in [0.15, 0.2) is 0 Å². The molecule has 1 aliphatic rings. The van der Waals surface area contributed by atoms with Crippen molar-refractivity contribution in [1.82, 2.24) is 0 Å². The van der Waals surface area contributed by atoms with Crippen LogP contribution in [0.3, 0.4) is 0 Å². The zero-order valence-electron chi connectivity index (χ0n) is 12.7. The van der Waals surface area contributed by atoms with E-state index in [9.17, 15) is 19.8 Å². The van der Waals surface area contributed by atoms with E-state index >= 15 is 0 Å². The Hall–Kier alpha value is 0.135. The van der Waals surface area contributed by atoms with E-state index in [0.717, 1.165) is 19.3 Å². The van der Waals surface area contributed by atoms with Crippen LogP contribution in [0.5, 0.6) is 0 Å². The summed E-state index contributed by atoms with van der Waals surface area (Å²) in [5, 5.41) is 23.0. The number of carbonyl (C=O) groups is 2. The number of rotatable bonds is 3. The monoisotopic (exact) mass is 254 g/mol. The molecule has 19 heavy (non-hydrogen) atoms. The summed E-state index contributed by atoms with van der Waals surface area (Å²) < 4.78 is 0. The van der Waals surface area contributed by atoms with Crippen molar-refractivity contribution in [2.24, 2.45) is 16.7 Å². The predicted octanol–water partition coefficient (Wildman–Crippen LogP) is -5.89. The van der Waals surface area contributed by atoms with Crippen LogP contribution in [0.4, 0.5) is 0 Å². The van der Waals surface area contributed by atoms with Crippen LogP contribution in [0.1, 0.15) is 52.9 Å². The van der Waals surface area contributed by atoms with E-state index in [4.69, 9.17) is 0 Å². The second-order valence-corrected chi connectivity index (χ2v) is 5.97. The van der Waals surface area contributed by atoms with E-state index in [0.29, 0.717) is 12.8 Å². The van der Waals surface area contributed by atoms with Crippen molar-refractivity contribution in [3.8, 4) is 0 Å². The van der Waals surface area contributed by atoms with Gasteiger partial charge in [0.1, 0.15) is 0 Å². The SMILES string of the molecule is CC(C)(C)C(C(=O)[O-])(C(=O)[O-])C1CCCCC1.[Li+].[Li+]. The summed E-state index contributed by atoms with van der Waals surface area (Å²) in [7, 11) is 0. The Morgan fingerprint density at radius 1 is 0.895 bits per heavy atom. The number of hydrogen-bond acceptors (Lipinski definition) is 4. The molecule has 1 fully saturated rings. The number of aliphatic carboxylic acids is 2. The van der Waals surface area contributed by atoms with E-state index in [1.807, 2.05) is 0 Å². The fourth-order valence-electron chi connectivity index (χ4n) is 3.18. The Bertz CT molecular complexity index is 303. The molecule has 0 aromatic rings. The van der Waals surface area contributed by atoms with Crippen molar-refractivity contribution in [2.45, 2.75) is 52.9 Å². The van der Waals surface area contributed by atoms with Gasteiger partial charge in [0.2, 0.25) is 0 Å². The second kappa shape index (κ2) is 7.80. The molecule has 0 heterocycles. The number of hydrogen-bond donors (Lipinski definition) is 0. The third-order valence-electron chi connectivity index (χ3n) is 4.04. The smallest absolute Gasteiger partial charge is 0.549 e. The molecular formula is C13H20Li2O4.